The fourth-order valence-corrected chi connectivity index (χ4v) is 2.23. The predicted octanol–water partition coefficient (Wildman–Crippen LogP) is 2.37. The van der Waals surface area contributed by atoms with Gasteiger partial charge in [-0.05, 0) is 19.1 Å². The Morgan fingerprint density at radius 2 is 2.29 bits per heavy atom. The zero-order chi connectivity index (χ0) is 9.97. The molecular formula is C10H13N3S. The van der Waals surface area contributed by atoms with Crippen molar-refractivity contribution in [3.05, 3.63) is 24.5 Å². The second kappa shape index (κ2) is 4.00. The number of amidine groups is 1. The summed E-state index contributed by atoms with van der Waals surface area (Å²) in [4.78, 5) is 8.54. The molecule has 1 N–H and O–H groups in total. The number of nitrogens with zero attached hydrogens (tertiary/aromatic N) is 2. The van der Waals surface area contributed by atoms with Gasteiger partial charge in [-0.25, -0.2) is 0 Å². The largest absolute Gasteiger partial charge is 0.334 e. The highest BCUT2D eigenvalue weighted by Gasteiger charge is 2.22. The molecule has 0 bridgehead atoms. The summed E-state index contributed by atoms with van der Waals surface area (Å²) in [7, 11) is 0. The molecule has 0 aliphatic carbocycles. The van der Waals surface area contributed by atoms with Crippen LogP contribution in [0.2, 0.25) is 0 Å². The first-order valence-corrected chi connectivity index (χ1v) is 5.55. The molecule has 0 saturated heterocycles. The molecule has 0 amide bonds. The molecule has 0 aromatic carbocycles. The van der Waals surface area contributed by atoms with Gasteiger partial charge in [0, 0.05) is 11.4 Å². The van der Waals surface area contributed by atoms with Crippen LogP contribution in [-0.4, -0.2) is 21.4 Å². The first kappa shape index (κ1) is 9.52. The van der Waals surface area contributed by atoms with E-state index < -0.39 is 0 Å². The van der Waals surface area contributed by atoms with Gasteiger partial charge in [-0.1, -0.05) is 18.7 Å². The zero-order valence-electron chi connectivity index (χ0n) is 8.27. The lowest BCUT2D eigenvalue weighted by Gasteiger charge is -2.04. The molecule has 2 heterocycles. The maximum absolute atomic E-state index is 4.51. The van der Waals surface area contributed by atoms with Gasteiger partial charge < -0.3 is 5.32 Å². The van der Waals surface area contributed by atoms with Crippen LogP contribution in [0.1, 0.15) is 13.8 Å². The smallest absolute Gasteiger partial charge is 0.161 e. The van der Waals surface area contributed by atoms with Crippen molar-refractivity contribution in [3.8, 4) is 0 Å². The summed E-state index contributed by atoms with van der Waals surface area (Å²) in [6.45, 7) is 4.33. The summed E-state index contributed by atoms with van der Waals surface area (Å²) in [6, 6.07) is 4.30. The average Bonchev–Trinajstić information content (AvgIpc) is 2.47. The third-order valence-electron chi connectivity index (χ3n) is 2.21. The standard InChI is InChI=1S/C10H13N3S/c1-7-8(2)14-10(12-7)13-9-4-3-5-11-6-9/h3-8H,1-2H3,(H,12,13). The molecule has 1 aliphatic rings. The van der Waals surface area contributed by atoms with Gasteiger partial charge in [0.15, 0.2) is 5.17 Å². The van der Waals surface area contributed by atoms with Crippen LogP contribution >= 0.6 is 11.8 Å². The van der Waals surface area contributed by atoms with E-state index in [0.717, 1.165) is 10.9 Å². The molecule has 2 unspecified atom stereocenters. The van der Waals surface area contributed by atoms with Crippen LogP contribution in [0.4, 0.5) is 5.69 Å². The second-order valence-electron chi connectivity index (χ2n) is 3.36. The number of nitrogens with one attached hydrogen (secondary N) is 1. The summed E-state index contributed by atoms with van der Waals surface area (Å²) < 4.78 is 0. The van der Waals surface area contributed by atoms with Crippen LogP contribution in [0.15, 0.2) is 29.5 Å². The van der Waals surface area contributed by atoms with Crippen LogP contribution in [0.3, 0.4) is 0 Å². The summed E-state index contributed by atoms with van der Waals surface area (Å²) in [5, 5.41) is 4.81. The number of pyridine rings is 1. The van der Waals surface area contributed by atoms with Crippen molar-refractivity contribution in [1.29, 1.82) is 0 Å². The Morgan fingerprint density at radius 3 is 2.86 bits per heavy atom. The van der Waals surface area contributed by atoms with E-state index in [-0.39, 0.29) is 0 Å². The van der Waals surface area contributed by atoms with E-state index in [1.165, 1.54) is 0 Å². The van der Waals surface area contributed by atoms with Crippen LogP contribution in [-0.2, 0) is 0 Å². The summed E-state index contributed by atoms with van der Waals surface area (Å²) in [5.74, 6) is 0. The van der Waals surface area contributed by atoms with Crippen molar-refractivity contribution in [2.45, 2.75) is 25.1 Å². The molecule has 1 aliphatic heterocycles. The van der Waals surface area contributed by atoms with Gasteiger partial charge in [0.1, 0.15) is 0 Å². The number of anilines is 1. The minimum Gasteiger partial charge on any atom is -0.334 e. The lowest BCUT2D eigenvalue weighted by molar-refractivity contribution is 0.749. The molecule has 74 valence electrons. The lowest BCUT2D eigenvalue weighted by atomic mass is 10.3. The minimum atomic E-state index is 0.402. The molecule has 1 aromatic rings. The van der Waals surface area contributed by atoms with E-state index >= 15 is 0 Å². The van der Waals surface area contributed by atoms with Gasteiger partial charge in [-0.2, -0.15) is 0 Å². The summed E-state index contributed by atoms with van der Waals surface area (Å²) in [6.07, 6.45) is 3.57. The normalized spacial score (nSPS) is 26.0. The van der Waals surface area contributed by atoms with Crippen molar-refractivity contribution in [3.63, 3.8) is 0 Å². The Morgan fingerprint density at radius 1 is 1.43 bits per heavy atom. The van der Waals surface area contributed by atoms with Crippen molar-refractivity contribution in [2.24, 2.45) is 4.99 Å². The van der Waals surface area contributed by atoms with Crippen LogP contribution in [0.5, 0.6) is 0 Å². The van der Waals surface area contributed by atoms with Gasteiger partial charge >= 0.3 is 0 Å². The number of aliphatic imine (C=N–C) groups is 1. The Balaban J connectivity index is 2.03. The number of hydrogen-bond donors (Lipinski definition) is 1. The van der Waals surface area contributed by atoms with Crippen molar-refractivity contribution < 1.29 is 0 Å². The van der Waals surface area contributed by atoms with E-state index in [9.17, 15) is 0 Å². The lowest BCUT2D eigenvalue weighted by Crippen LogP contribution is -2.07. The van der Waals surface area contributed by atoms with Crippen molar-refractivity contribution in [2.75, 3.05) is 5.32 Å². The fourth-order valence-electron chi connectivity index (χ4n) is 1.22. The molecule has 0 spiro atoms. The van der Waals surface area contributed by atoms with Crippen molar-refractivity contribution >= 4 is 22.6 Å². The Bertz CT molecular complexity index is 336. The first-order chi connectivity index (χ1) is 6.75. The zero-order valence-corrected chi connectivity index (χ0v) is 9.08. The Kier molecular flexibility index (Phi) is 2.72. The second-order valence-corrected chi connectivity index (χ2v) is 4.73. The summed E-state index contributed by atoms with van der Waals surface area (Å²) in [5.41, 5.74) is 1.00. The van der Waals surface area contributed by atoms with Crippen molar-refractivity contribution in [1.82, 2.24) is 4.98 Å². The molecular weight excluding hydrogens is 194 g/mol. The predicted molar refractivity (Wildman–Crippen MR) is 61.8 cm³/mol. The molecule has 0 radical (unpaired) electrons. The minimum absolute atomic E-state index is 0.402. The molecule has 2 atom stereocenters. The number of hydrogen-bond acceptors (Lipinski definition) is 4. The van der Waals surface area contributed by atoms with Crippen LogP contribution in [0, 0.1) is 0 Å². The van der Waals surface area contributed by atoms with E-state index in [1.54, 1.807) is 24.2 Å². The fraction of sp³-hybridized carbons (Fsp3) is 0.400. The highest BCUT2D eigenvalue weighted by Crippen LogP contribution is 2.26. The van der Waals surface area contributed by atoms with Gasteiger partial charge in [-0.15, -0.1) is 0 Å². The third-order valence-corrected chi connectivity index (χ3v) is 3.41. The molecule has 0 fully saturated rings. The number of aromatic nitrogens is 1. The van der Waals surface area contributed by atoms with Gasteiger partial charge in [0.25, 0.3) is 0 Å². The average molecular weight is 207 g/mol. The molecule has 2 rings (SSSR count). The van der Waals surface area contributed by atoms with E-state index in [4.69, 9.17) is 0 Å². The van der Waals surface area contributed by atoms with Gasteiger partial charge in [-0.3, -0.25) is 9.98 Å². The SMILES string of the molecule is CC1N=C(Nc2cccnc2)SC1C. The monoisotopic (exact) mass is 207 g/mol. The van der Waals surface area contributed by atoms with Crippen LogP contribution < -0.4 is 5.32 Å². The van der Waals surface area contributed by atoms with Gasteiger partial charge in [0.2, 0.25) is 0 Å². The van der Waals surface area contributed by atoms with E-state index in [2.05, 4.69) is 29.1 Å². The quantitative estimate of drug-likeness (QED) is 0.768. The molecule has 1 aromatic heterocycles. The summed E-state index contributed by atoms with van der Waals surface area (Å²) >= 11 is 1.78. The maximum atomic E-state index is 4.51. The van der Waals surface area contributed by atoms with Crippen LogP contribution in [0.25, 0.3) is 0 Å². The molecule has 4 heteroatoms. The molecule has 3 nitrogen and oxygen atoms in total. The maximum Gasteiger partial charge on any atom is 0.161 e. The van der Waals surface area contributed by atoms with Gasteiger partial charge in [0.05, 0.1) is 17.9 Å². The highest BCUT2D eigenvalue weighted by atomic mass is 32.2. The first-order valence-electron chi connectivity index (χ1n) is 4.67. The molecule has 0 saturated carbocycles. The Hall–Kier alpha value is -1.03. The highest BCUT2D eigenvalue weighted by molar-refractivity contribution is 8.15. The third kappa shape index (κ3) is 2.07. The topological polar surface area (TPSA) is 37.3 Å². The Labute approximate surface area is 88.0 Å². The van der Waals surface area contributed by atoms with E-state index in [0.29, 0.717) is 11.3 Å². The number of rotatable bonds is 1. The van der Waals surface area contributed by atoms with E-state index in [1.807, 2.05) is 12.1 Å². The number of thioether (sulfide) groups is 1. The molecule has 14 heavy (non-hydrogen) atoms.